The monoisotopic (exact) mass is 425 g/mol. The van der Waals surface area contributed by atoms with Crippen LogP contribution >= 0.6 is 11.6 Å². The molecule has 5 nitrogen and oxygen atoms in total. The number of halogens is 1. The molecule has 6 heteroatoms. The van der Waals surface area contributed by atoms with Gasteiger partial charge in [0, 0.05) is 25.9 Å². The number of nitrogens with one attached hydrogen (secondary N) is 2. The van der Waals surface area contributed by atoms with Crippen LogP contribution in [0.2, 0.25) is 5.02 Å². The molecule has 158 valence electrons. The summed E-state index contributed by atoms with van der Waals surface area (Å²) in [5.74, 6) is 0. The largest absolute Gasteiger partial charge is 0.324 e. The molecule has 0 atom stereocenters. The third-order valence-corrected chi connectivity index (χ3v) is 6.18. The molecule has 1 saturated heterocycles. The predicted octanol–water partition coefficient (Wildman–Crippen LogP) is 5.58. The van der Waals surface area contributed by atoms with Crippen molar-refractivity contribution in [2.45, 2.75) is 44.6 Å². The lowest BCUT2D eigenvalue weighted by atomic mass is 9.86. The molecule has 2 aromatic rings. The summed E-state index contributed by atoms with van der Waals surface area (Å²) in [6.07, 6.45) is 3.64. The maximum absolute atomic E-state index is 12.6. The van der Waals surface area contributed by atoms with Gasteiger partial charge in [-0.25, -0.2) is 4.79 Å². The number of hydroxylamine groups is 1. The van der Waals surface area contributed by atoms with Crippen molar-refractivity contribution >= 4 is 29.0 Å². The Morgan fingerprint density at radius 1 is 1.10 bits per heavy atom. The first kappa shape index (κ1) is 20.8. The minimum Gasteiger partial charge on any atom is -0.324 e. The summed E-state index contributed by atoms with van der Waals surface area (Å²) in [6, 6.07) is 15.7. The Kier molecular flexibility index (Phi) is 5.51. The van der Waals surface area contributed by atoms with E-state index in [2.05, 4.69) is 61.9 Å². The normalized spacial score (nSPS) is 18.1. The van der Waals surface area contributed by atoms with E-state index < -0.39 is 0 Å². The summed E-state index contributed by atoms with van der Waals surface area (Å²) in [5, 5.41) is 3.43. The molecule has 2 amide bonds. The third-order valence-electron chi connectivity index (χ3n) is 5.85. The second-order valence-corrected chi connectivity index (χ2v) is 9.46. The molecule has 2 aromatic carbocycles. The van der Waals surface area contributed by atoms with Gasteiger partial charge < -0.3 is 10.2 Å². The average molecular weight is 426 g/mol. The molecular formula is C24H28ClN3O2. The van der Waals surface area contributed by atoms with Gasteiger partial charge in [0.15, 0.2) is 0 Å². The molecule has 0 saturated carbocycles. The molecule has 2 aliphatic rings. The Bertz CT molecular complexity index is 955. The molecule has 1 fully saturated rings. The zero-order valence-electron chi connectivity index (χ0n) is 17.7. The number of likely N-dealkylation sites (tertiary alicyclic amines) is 1. The topological polar surface area (TPSA) is 53.6 Å². The van der Waals surface area contributed by atoms with Gasteiger partial charge >= 0.3 is 6.03 Å². The first-order valence-electron chi connectivity index (χ1n) is 10.3. The summed E-state index contributed by atoms with van der Waals surface area (Å²) in [7, 11) is 0. The van der Waals surface area contributed by atoms with Crippen LogP contribution in [0.1, 0.15) is 44.7 Å². The summed E-state index contributed by atoms with van der Waals surface area (Å²) >= 11 is 6.15. The van der Waals surface area contributed by atoms with Gasteiger partial charge in [-0.15, -0.1) is 0 Å². The summed E-state index contributed by atoms with van der Waals surface area (Å²) in [4.78, 5) is 20.4. The van der Waals surface area contributed by atoms with E-state index in [4.69, 9.17) is 16.4 Å². The SMILES string of the molecule is CC(C)(C)c1ccc(C2=CC3(CCN(C(=O)Nc4ccccc4Cl)CC3)ON2)cc1. The zero-order chi connectivity index (χ0) is 21.4. The average Bonchev–Trinajstić information content (AvgIpc) is 3.13. The fourth-order valence-corrected chi connectivity index (χ4v) is 4.05. The van der Waals surface area contributed by atoms with Gasteiger partial charge in [0.25, 0.3) is 0 Å². The number of piperidine rings is 1. The Morgan fingerprint density at radius 3 is 2.40 bits per heavy atom. The number of amides is 2. The van der Waals surface area contributed by atoms with Crippen LogP contribution in [0.5, 0.6) is 0 Å². The van der Waals surface area contributed by atoms with Crippen molar-refractivity contribution in [3.05, 3.63) is 70.8 Å². The van der Waals surface area contributed by atoms with Gasteiger partial charge in [0.1, 0.15) is 5.60 Å². The van der Waals surface area contributed by atoms with Crippen LogP contribution < -0.4 is 10.8 Å². The van der Waals surface area contributed by atoms with Crippen LogP contribution in [0, 0.1) is 0 Å². The van der Waals surface area contributed by atoms with Gasteiger partial charge in [0.2, 0.25) is 0 Å². The van der Waals surface area contributed by atoms with Crippen molar-refractivity contribution in [1.29, 1.82) is 0 Å². The van der Waals surface area contributed by atoms with E-state index in [1.54, 1.807) is 12.1 Å². The van der Waals surface area contributed by atoms with Gasteiger partial charge in [-0.3, -0.25) is 10.3 Å². The van der Waals surface area contributed by atoms with Crippen molar-refractivity contribution in [3.8, 4) is 0 Å². The van der Waals surface area contributed by atoms with Crippen LogP contribution in [-0.2, 0) is 10.3 Å². The van der Waals surface area contributed by atoms with Crippen LogP contribution in [0.15, 0.2) is 54.6 Å². The smallest absolute Gasteiger partial charge is 0.321 e. The molecule has 0 aliphatic carbocycles. The Balaban J connectivity index is 1.39. The number of carbonyl (C=O) groups is 1. The lowest BCUT2D eigenvalue weighted by Gasteiger charge is -2.36. The lowest BCUT2D eigenvalue weighted by molar-refractivity contribution is -0.0634. The zero-order valence-corrected chi connectivity index (χ0v) is 18.4. The highest BCUT2D eigenvalue weighted by atomic mass is 35.5. The van der Waals surface area contributed by atoms with Crippen LogP contribution in [0.3, 0.4) is 0 Å². The van der Waals surface area contributed by atoms with Crippen molar-refractivity contribution in [2.24, 2.45) is 0 Å². The highest BCUT2D eigenvalue weighted by molar-refractivity contribution is 6.33. The second-order valence-electron chi connectivity index (χ2n) is 9.05. The van der Waals surface area contributed by atoms with E-state index in [0.717, 1.165) is 24.1 Å². The fraction of sp³-hybridized carbons (Fsp3) is 0.375. The third kappa shape index (κ3) is 4.32. The molecule has 0 unspecified atom stereocenters. The number of para-hydroxylation sites is 1. The van der Waals surface area contributed by atoms with E-state index in [9.17, 15) is 4.79 Å². The second kappa shape index (κ2) is 7.97. The number of anilines is 1. The molecule has 4 rings (SSSR count). The number of nitrogens with zero attached hydrogens (tertiary/aromatic N) is 1. The molecule has 0 bridgehead atoms. The molecule has 1 spiro atoms. The maximum Gasteiger partial charge on any atom is 0.321 e. The Labute approximate surface area is 183 Å². The van der Waals surface area contributed by atoms with Gasteiger partial charge in [0.05, 0.1) is 16.4 Å². The lowest BCUT2D eigenvalue weighted by Crippen LogP contribution is -2.48. The van der Waals surface area contributed by atoms with E-state index in [1.807, 2.05) is 17.0 Å². The van der Waals surface area contributed by atoms with Crippen LogP contribution in [-0.4, -0.2) is 29.6 Å². The molecule has 0 radical (unpaired) electrons. The predicted molar refractivity (Wildman–Crippen MR) is 121 cm³/mol. The first-order chi connectivity index (χ1) is 14.3. The van der Waals surface area contributed by atoms with E-state index >= 15 is 0 Å². The molecule has 2 N–H and O–H groups in total. The summed E-state index contributed by atoms with van der Waals surface area (Å²) in [6.45, 7) is 7.87. The van der Waals surface area contributed by atoms with E-state index in [0.29, 0.717) is 23.8 Å². The molecule has 2 aliphatic heterocycles. The van der Waals surface area contributed by atoms with Crippen molar-refractivity contribution in [3.63, 3.8) is 0 Å². The Morgan fingerprint density at radius 2 is 1.77 bits per heavy atom. The molecular weight excluding hydrogens is 398 g/mol. The van der Waals surface area contributed by atoms with Crippen LogP contribution in [0.25, 0.3) is 5.70 Å². The van der Waals surface area contributed by atoms with Crippen molar-refractivity contribution in [1.82, 2.24) is 10.4 Å². The maximum atomic E-state index is 12.6. The van der Waals surface area contributed by atoms with Gasteiger partial charge in [-0.1, -0.05) is 68.8 Å². The van der Waals surface area contributed by atoms with Gasteiger partial charge in [-0.05, 0) is 34.8 Å². The number of urea groups is 1. The first-order valence-corrected chi connectivity index (χ1v) is 10.7. The highest BCUT2D eigenvalue weighted by Gasteiger charge is 2.40. The molecule has 2 heterocycles. The summed E-state index contributed by atoms with van der Waals surface area (Å²) in [5.41, 5.74) is 6.89. The molecule has 0 aromatic heterocycles. The van der Waals surface area contributed by atoms with Gasteiger partial charge in [-0.2, -0.15) is 0 Å². The standard InChI is InChI=1S/C24H28ClN3O2/c1-23(2,3)18-10-8-17(9-11-18)21-16-24(30-27-21)12-14-28(15-13-24)22(29)26-20-7-5-4-6-19(20)25/h4-11,16,27H,12-15H2,1-3H3,(H,26,29). The highest BCUT2D eigenvalue weighted by Crippen LogP contribution is 2.35. The van der Waals surface area contributed by atoms with E-state index in [1.165, 1.54) is 5.56 Å². The minimum atomic E-state index is -0.376. The minimum absolute atomic E-state index is 0.130. The Hall–Kier alpha value is -2.50. The van der Waals surface area contributed by atoms with Crippen LogP contribution in [0.4, 0.5) is 10.5 Å². The van der Waals surface area contributed by atoms with Crippen molar-refractivity contribution in [2.75, 3.05) is 18.4 Å². The number of hydrogen-bond acceptors (Lipinski definition) is 3. The molecule has 30 heavy (non-hydrogen) atoms. The summed E-state index contributed by atoms with van der Waals surface area (Å²) < 4.78 is 0. The van der Waals surface area contributed by atoms with E-state index in [-0.39, 0.29) is 17.0 Å². The number of benzene rings is 2. The number of hydrogen-bond donors (Lipinski definition) is 2. The number of rotatable bonds is 2. The fourth-order valence-electron chi connectivity index (χ4n) is 3.86. The number of carbonyl (C=O) groups excluding carboxylic acids is 1. The van der Waals surface area contributed by atoms with Crippen molar-refractivity contribution < 1.29 is 9.63 Å². The quantitative estimate of drug-likeness (QED) is 0.660.